The summed E-state index contributed by atoms with van der Waals surface area (Å²) >= 11 is 3.25. The number of amides is 2. The number of benzene rings is 1. The Morgan fingerprint density at radius 3 is 2.47 bits per heavy atom. The van der Waals surface area contributed by atoms with Crippen molar-refractivity contribution in [3.8, 4) is 5.75 Å². The second-order valence-electron chi connectivity index (χ2n) is 3.81. The summed E-state index contributed by atoms with van der Waals surface area (Å²) in [6.45, 7) is 0. The van der Waals surface area contributed by atoms with Crippen molar-refractivity contribution in [2.75, 3.05) is 7.11 Å². The highest BCUT2D eigenvalue weighted by Gasteiger charge is 2.33. The van der Waals surface area contributed by atoms with Crippen molar-refractivity contribution in [2.24, 2.45) is 0 Å². The Labute approximate surface area is 117 Å². The molecule has 1 heterocycles. The predicted octanol–water partition coefficient (Wildman–Crippen LogP) is 1.68. The molecule has 0 saturated carbocycles. The molecule has 0 bridgehead atoms. The van der Waals surface area contributed by atoms with Gasteiger partial charge in [-0.2, -0.15) is 0 Å². The molecule has 1 saturated heterocycles. The van der Waals surface area contributed by atoms with Crippen molar-refractivity contribution >= 4 is 33.7 Å². The van der Waals surface area contributed by atoms with Crippen molar-refractivity contribution in [1.29, 1.82) is 0 Å². The van der Waals surface area contributed by atoms with Crippen LogP contribution < -0.4 is 4.74 Å². The number of rotatable bonds is 3. The van der Waals surface area contributed by atoms with Gasteiger partial charge in [-0.3, -0.25) is 9.59 Å². The highest BCUT2D eigenvalue weighted by molar-refractivity contribution is 9.10. The molecule has 1 aliphatic rings. The minimum atomic E-state index is -0.783. The van der Waals surface area contributed by atoms with Crippen LogP contribution in [-0.4, -0.2) is 30.0 Å². The number of hydrogen-bond donors (Lipinski definition) is 0. The topological polar surface area (TPSA) is 72.9 Å². The van der Waals surface area contributed by atoms with E-state index in [0.717, 1.165) is 0 Å². The Bertz CT molecular complexity index is 541. The molecule has 0 radical (unpaired) electrons. The third kappa shape index (κ3) is 2.76. The summed E-state index contributed by atoms with van der Waals surface area (Å²) in [6, 6.07) is 4.57. The second-order valence-corrected chi connectivity index (χ2v) is 4.66. The van der Waals surface area contributed by atoms with Gasteiger partial charge >= 0.3 is 5.97 Å². The van der Waals surface area contributed by atoms with Crippen LogP contribution >= 0.6 is 15.9 Å². The molecular weight excluding hydrogens is 318 g/mol. The first kappa shape index (κ1) is 13.5. The van der Waals surface area contributed by atoms with Crippen molar-refractivity contribution in [3.05, 3.63) is 28.2 Å². The van der Waals surface area contributed by atoms with Crippen molar-refractivity contribution < 1.29 is 24.0 Å². The van der Waals surface area contributed by atoms with Crippen LogP contribution in [0.1, 0.15) is 23.2 Å². The number of carbonyl (C=O) groups excluding carboxylic acids is 3. The fourth-order valence-electron chi connectivity index (χ4n) is 1.58. The molecule has 1 fully saturated rings. The Kier molecular flexibility index (Phi) is 3.84. The van der Waals surface area contributed by atoms with E-state index in [0.29, 0.717) is 15.3 Å². The van der Waals surface area contributed by atoms with E-state index in [2.05, 4.69) is 15.9 Å². The van der Waals surface area contributed by atoms with Gasteiger partial charge < -0.3 is 9.57 Å². The van der Waals surface area contributed by atoms with E-state index in [1.54, 1.807) is 6.07 Å². The van der Waals surface area contributed by atoms with Crippen molar-refractivity contribution in [2.45, 2.75) is 12.8 Å². The summed E-state index contributed by atoms with van der Waals surface area (Å²) in [7, 11) is 1.46. The quantitative estimate of drug-likeness (QED) is 0.790. The zero-order chi connectivity index (χ0) is 14.0. The predicted molar refractivity (Wildman–Crippen MR) is 67.2 cm³/mol. The first-order chi connectivity index (χ1) is 9.02. The van der Waals surface area contributed by atoms with Gasteiger partial charge in [0.1, 0.15) is 5.75 Å². The molecule has 6 nitrogen and oxygen atoms in total. The third-order valence-corrected chi connectivity index (χ3v) is 3.22. The third-order valence-electron chi connectivity index (χ3n) is 2.57. The normalized spacial score (nSPS) is 14.7. The molecule has 2 amide bonds. The van der Waals surface area contributed by atoms with Crippen LogP contribution in [-0.2, 0) is 14.4 Å². The number of nitrogens with zero attached hydrogens (tertiary/aromatic N) is 1. The van der Waals surface area contributed by atoms with Gasteiger partial charge in [-0.25, -0.2) is 4.79 Å². The van der Waals surface area contributed by atoms with Gasteiger partial charge in [-0.05, 0) is 34.1 Å². The average molecular weight is 328 g/mol. The zero-order valence-electron chi connectivity index (χ0n) is 10.0. The van der Waals surface area contributed by atoms with E-state index < -0.39 is 17.8 Å². The number of halogens is 1. The molecule has 0 unspecified atom stereocenters. The lowest BCUT2D eigenvalue weighted by molar-refractivity contribution is -0.172. The summed E-state index contributed by atoms with van der Waals surface area (Å²) in [6.07, 6.45) is 0.131. The van der Waals surface area contributed by atoms with Crippen LogP contribution in [0.25, 0.3) is 0 Å². The Morgan fingerprint density at radius 1 is 1.26 bits per heavy atom. The smallest absolute Gasteiger partial charge is 0.364 e. The molecule has 1 aliphatic heterocycles. The minimum Gasteiger partial charge on any atom is -0.496 e. The number of methoxy groups -OCH3 is 1. The molecule has 0 atom stereocenters. The molecule has 19 heavy (non-hydrogen) atoms. The summed E-state index contributed by atoms with van der Waals surface area (Å²) in [5, 5.41) is 0.511. The SMILES string of the molecule is COc1cc(C(=O)ON2C(=O)CCC2=O)ccc1Br. The van der Waals surface area contributed by atoms with Gasteiger partial charge in [0.25, 0.3) is 11.8 Å². The van der Waals surface area contributed by atoms with Crippen LogP contribution in [0.2, 0.25) is 0 Å². The zero-order valence-corrected chi connectivity index (χ0v) is 11.6. The van der Waals surface area contributed by atoms with Crippen LogP contribution in [0.4, 0.5) is 0 Å². The Morgan fingerprint density at radius 2 is 1.89 bits per heavy atom. The minimum absolute atomic E-state index is 0.0653. The molecule has 0 spiro atoms. The maximum Gasteiger partial charge on any atom is 0.364 e. The Balaban J connectivity index is 2.16. The van der Waals surface area contributed by atoms with Gasteiger partial charge in [-0.1, -0.05) is 0 Å². The van der Waals surface area contributed by atoms with Gasteiger partial charge in [-0.15, -0.1) is 5.06 Å². The van der Waals surface area contributed by atoms with Gasteiger partial charge in [0, 0.05) is 12.8 Å². The number of carbonyl (C=O) groups is 3. The summed E-state index contributed by atoms with van der Waals surface area (Å²) in [5.74, 6) is -1.35. The average Bonchev–Trinajstić information content (AvgIpc) is 2.71. The van der Waals surface area contributed by atoms with E-state index in [4.69, 9.17) is 9.57 Å². The van der Waals surface area contributed by atoms with E-state index in [-0.39, 0.29) is 18.4 Å². The molecule has 1 aromatic carbocycles. The lowest BCUT2D eigenvalue weighted by Crippen LogP contribution is -2.32. The fourth-order valence-corrected chi connectivity index (χ4v) is 1.99. The number of imide groups is 1. The lowest BCUT2D eigenvalue weighted by atomic mass is 10.2. The maximum absolute atomic E-state index is 11.8. The van der Waals surface area contributed by atoms with Crippen LogP contribution in [0.3, 0.4) is 0 Å². The molecule has 1 aromatic rings. The van der Waals surface area contributed by atoms with Crippen LogP contribution in [0, 0.1) is 0 Å². The van der Waals surface area contributed by atoms with E-state index in [1.807, 2.05) is 0 Å². The van der Waals surface area contributed by atoms with Gasteiger partial charge in [0.15, 0.2) is 0 Å². The second kappa shape index (κ2) is 5.40. The first-order valence-corrected chi connectivity index (χ1v) is 6.24. The monoisotopic (exact) mass is 327 g/mol. The highest BCUT2D eigenvalue weighted by atomic mass is 79.9. The van der Waals surface area contributed by atoms with Crippen LogP contribution in [0.15, 0.2) is 22.7 Å². The van der Waals surface area contributed by atoms with Crippen molar-refractivity contribution in [3.63, 3.8) is 0 Å². The Hall–Kier alpha value is -1.89. The molecular formula is C12H10BrNO5. The van der Waals surface area contributed by atoms with E-state index >= 15 is 0 Å². The summed E-state index contributed by atoms with van der Waals surface area (Å²) in [5.41, 5.74) is 0.188. The standard InChI is InChI=1S/C12H10BrNO5/c1-18-9-6-7(2-3-8(9)13)12(17)19-14-10(15)4-5-11(14)16/h2-3,6H,4-5H2,1H3. The largest absolute Gasteiger partial charge is 0.496 e. The highest BCUT2D eigenvalue weighted by Crippen LogP contribution is 2.26. The lowest BCUT2D eigenvalue weighted by Gasteiger charge is -2.13. The summed E-state index contributed by atoms with van der Waals surface area (Å²) in [4.78, 5) is 39.3. The summed E-state index contributed by atoms with van der Waals surface area (Å²) < 4.78 is 5.73. The van der Waals surface area contributed by atoms with Gasteiger partial charge in [0.2, 0.25) is 0 Å². The fraction of sp³-hybridized carbons (Fsp3) is 0.250. The molecule has 0 N–H and O–H groups in total. The number of hydrogen-bond acceptors (Lipinski definition) is 5. The van der Waals surface area contributed by atoms with E-state index in [9.17, 15) is 14.4 Å². The molecule has 7 heteroatoms. The molecule has 100 valence electrons. The number of hydroxylamine groups is 2. The van der Waals surface area contributed by atoms with E-state index in [1.165, 1.54) is 19.2 Å². The van der Waals surface area contributed by atoms with Crippen LogP contribution in [0.5, 0.6) is 5.75 Å². The molecule has 0 aromatic heterocycles. The van der Waals surface area contributed by atoms with Gasteiger partial charge in [0.05, 0.1) is 17.1 Å². The van der Waals surface area contributed by atoms with Crippen molar-refractivity contribution in [1.82, 2.24) is 5.06 Å². The first-order valence-electron chi connectivity index (χ1n) is 5.44. The number of ether oxygens (including phenoxy) is 1. The molecule has 2 rings (SSSR count). The maximum atomic E-state index is 11.8. The molecule has 0 aliphatic carbocycles.